The number of carbonyl (C=O) groups excluding carboxylic acids is 2. The van der Waals surface area contributed by atoms with Crippen molar-refractivity contribution in [3.05, 3.63) is 53.6 Å². The molecule has 136 valence electrons. The van der Waals surface area contributed by atoms with Gasteiger partial charge >= 0.3 is 0 Å². The van der Waals surface area contributed by atoms with Gasteiger partial charge in [0.05, 0.1) is 12.1 Å². The van der Waals surface area contributed by atoms with E-state index < -0.39 is 5.91 Å². The lowest BCUT2D eigenvalue weighted by Crippen LogP contribution is -2.16. The maximum Gasteiger partial charge on any atom is 0.295 e. The number of nitrogens with one attached hydrogen (secondary N) is 2. The van der Waals surface area contributed by atoms with Gasteiger partial charge in [0.25, 0.3) is 5.91 Å². The van der Waals surface area contributed by atoms with Crippen LogP contribution in [-0.2, 0) is 11.2 Å². The molecule has 0 unspecified atom stereocenters. The van der Waals surface area contributed by atoms with E-state index in [1.165, 1.54) is 23.7 Å². The molecule has 2 aromatic heterocycles. The Balaban J connectivity index is 1.35. The van der Waals surface area contributed by atoms with Crippen molar-refractivity contribution >= 4 is 34.0 Å². The number of hydrogen-bond donors (Lipinski definition) is 2. The maximum absolute atomic E-state index is 12.2. The molecule has 0 atom stereocenters. The molecule has 9 nitrogen and oxygen atoms in total. The Kier molecular flexibility index (Phi) is 4.62. The van der Waals surface area contributed by atoms with Crippen LogP contribution in [0.25, 0.3) is 0 Å². The molecule has 4 rings (SSSR count). The third kappa shape index (κ3) is 4.01. The summed E-state index contributed by atoms with van der Waals surface area (Å²) in [6, 6.07) is 6.79. The van der Waals surface area contributed by atoms with Crippen molar-refractivity contribution in [1.29, 1.82) is 0 Å². The van der Waals surface area contributed by atoms with Crippen LogP contribution in [0.5, 0.6) is 11.5 Å². The van der Waals surface area contributed by atoms with Crippen molar-refractivity contribution in [3.8, 4) is 11.5 Å². The van der Waals surface area contributed by atoms with E-state index >= 15 is 0 Å². The van der Waals surface area contributed by atoms with Crippen molar-refractivity contribution < 1.29 is 19.1 Å². The molecule has 0 radical (unpaired) electrons. The summed E-state index contributed by atoms with van der Waals surface area (Å²) in [5.74, 6) is 0.601. The van der Waals surface area contributed by atoms with Gasteiger partial charge in [-0.1, -0.05) is 0 Å². The molecule has 1 aromatic carbocycles. The SMILES string of the molecule is O=C(Cc1csc(NC(=O)c2ncccn2)n1)Nc1ccc2c(c1)OCO2. The zero-order valence-corrected chi connectivity index (χ0v) is 14.7. The highest BCUT2D eigenvalue weighted by Gasteiger charge is 2.15. The van der Waals surface area contributed by atoms with E-state index in [0.717, 1.165) is 0 Å². The normalized spacial score (nSPS) is 11.9. The fourth-order valence-corrected chi connectivity index (χ4v) is 3.06. The van der Waals surface area contributed by atoms with Gasteiger partial charge < -0.3 is 14.8 Å². The van der Waals surface area contributed by atoms with E-state index in [2.05, 4.69) is 25.6 Å². The molecule has 27 heavy (non-hydrogen) atoms. The molecular formula is C17H13N5O4S. The van der Waals surface area contributed by atoms with Crippen molar-refractivity contribution in [3.63, 3.8) is 0 Å². The zero-order valence-electron chi connectivity index (χ0n) is 13.8. The van der Waals surface area contributed by atoms with Gasteiger partial charge in [0.2, 0.25) is 18.5 Å². The molecule has 2 amide bonds. The van der Waals surface area contributed by atoms with Gasteiger partial charge in [-0.25, -0.2) is 15.0 Å². The Hall–Kier alpha value is -3.53. The van der Waals surface area contributed by atoms with Gasteiger partial charge in [-0.2, -0.15) is 0 Å². The largest absolute Gasteiger partial charge is 0.454 e. The van der Waals surface area contributed by atoms with E-state index in [1.54, 1.807) is 29.6 Å². The molecule has 3 heterocycles. The van der Waals surface area contributed by atoms with Gasteiger partial charge in [-0.3, -0.25) is 14.9 Å². The number of fused-ring (bicyclic) bond motifs is 1. The summed E-state index contributed by atoms with van der Waals surface area (Å²) in [5.41, 5.74) is 1.15. The number of thiazole rings is 1. The van der Waals surface area contributed by atoms with Crippen molar-refractivity contribution in [2.24, 2.45) is 0 Å². The van der Waals surface area contributed by atoms with Crippen LogP contribution in [0.3, 0.4) is 0 Å². The van der Waals surface area contributed by atoms with Crippen molar-refractivity contribution in [2.45, 2.75) is 6.42 Å². The first-order valence-corrected chi connectivity index (χ1v) is 8.77. The van der Waals surface area contributed by atoms with Crippen LogP contribution in [0.1, 0.15) is 16.3 Å². The molecule has 10 heteroatoms. The minimum absolute atomic E-state index is 0.0507. The third-order valence-electron chi connectivity index (χ3n) is 3.54. The minimum atomic E-state index is -0.457. The van der Waals surface area contributed by atoms with Crippen LogP contribution in [0.4, 0.5) is 10.8 Å². The van der Waals surface area contributed by atoms with Crippen molar-refractivity contribution in [1.82, 2.24) is 15.0 Å². The number of amides is 2. The Morgan fingerprint density at radius 1 is 1.11 bits per heavy atom. The lowest BCUT2D eigenvalue weighted by atomic mass is 10.2. The third-order valence-corrected chi connectivity index (χ3v) is 4.35. The van der Waals surface area contributed by atoms with Crippen LogP contribution in [0.2, 0.25) is 0 Å². The summed E-state index contributed by atoms with van der Waals surface area (Å²) in [7, 11) is 0. The predicted molar refractivity (Wildman–Crippen MR) is 97.0 cm³/mol. The highest BCUT2D eigenvalue weighted by Crippen LogP contribution is 2.34. The number of benzene rings is 1. The molecule has 1 aliphatic rings. The Bertz CT molecular complexity index is 992. The first-order chi connectivity index (χ1) is 13.2. The first-order valence-electron chi connectivity index (χ1n) is 7.89. The topological polar surface area (TPSA) is 115 Å². The van der Waals surface area contributed by atoms with Crippen LogP contribution in [-0.4, -0.2) is 33.6 Å². The van der Waals surface area contributed by atoms with Gasteiger partial charge in [0.1, 0.15) is 0 Å². The molecule has 0 fully saturated rings. The Morgan fingerprint density at radius 2 is 1.93 bits per heavy atom. The number of nitrogens with zero attached hydrogens (tertiary/aromatic N) is 3. The molecule has 0 aliphatic carbocycles. The van der Waals surface area contributed by atoms with Crippen LogP contribution in [0, 0.1) is 0 Å². The fourth-order valence-electron chi connectivity index (χ4n) is 2.36. The molecule has 3 aromatic rings. The predicted octanol–water partition coefficient (Wildman–Crippen LogP) is 2.10. The van der Waals surface area contributed by atoms with E-state index in [9.17, 15) is 9.59 Å². The van der Waals surface area contributed by atoms with E-state index in [4.69, 9.17) is 9.47 Å². The average Bonchev–Trinajstić information content (AvgIpc) is 3.31. The number of anilines is 2. The van der Waals surface area contributed by atoms with Crippen LogP contribution < -0.4 is 20.1 Å². The number of ether oxygens (including phenoxy) is 2. The molecule has 0 saturated heterocycles. The van der Waals surface area contributed by atoms with E-state index in [-0.39, 0.29) is 24.9 Å². The molecule has 0 spiro atoms. The zero-order chi connectivity index (χ0) is 18.6. The van der Waals surface area contributed by atoms with Crippen LogP contribution >= 0.6 is 11.3 Å². The highest BCUT2D eigenvalue weighted by molar-refractivity contribution is 7.14. The number of carbonyl (C=O) groups is 2. The summed E-state index contributed by atoms with van der Waals surface area (Å²) in [4.78, 5) is 36.2. The summed E-state index contributed by atoms with van der Waals surface area (Å²) in [6.07, 6.45) is 3.04. The smallest absolute Gasteiger partial charge is 0.295 e. The second-order valence-corrected chi connectivity index (χ2v) is 6.32. The maximum atomic E-state index is 12.2. The second kappa shape index (κ2) is 7.38. The monoisotopic (exact) mass is 383 g/mol. The van der Waals surface area contributed by atoms with Crippen molar-refractivity contribution in [2.75, 3.05) is 17.4 Å². The first kappa shape index (κ1) is 16.9. The molecular weight excluding hydrogens is 370 g/mol. The summed E-state index contributed by atoms with van der Waals surface area (Å²) >= 11 is 1.22. The van der Waals surface area contributed by atoms with Gasteiger partial charge in [-0.15, -0.1) is 11.3 Å². The second-order valence-electron chi connectivity index (χ2n) is 5.46. The average molecular weight is 383 g/mol. The summed E-state index contributed by atoms with van der Waals surface area (Å²) in [6.45, 7) is 0.175. The molecule has 0 bridgehead atoms. The molecule has 2 N–H and O–H groups in total. The Morgan fingerprint density at radius 3 is 2.78 bits per heavy atom. The lowest BCUT2D eigenvalue weighted by Gasteiger charge is -2.05. The fraction of sp³-hybridized carbons (Fsp3) is 0.118. The number of rotatable bonds is 5. The quantitative estimate of drug-likeness (QED) is 0.693. The standard InChI is InChI=1S/C17H13N5O4S/c23-14(20-10-2-3-12-13(6-10)26-9-25-12)7-11-8-27-17(21-11)22-16(24)15-18-4-1-5-19-15/h1-6,8H,7,9H2,(H,20,23)(H,21,22,24). The molecule has 0 saturated carbocycles. The molecule has 1 aliphatic heterocycles. The summed E-state index contributed by atoms with van der Waals surface area (Å²) in [5, 5.41) is 7.47. The highest BCUT2D eigenvalue weighted by atomic mass is 32.1. The Labute approximate surface area is 157 Å². The summed E-state index contributed by atoms with van der Waals surface area (Å²) < 4.78 is 10.5. The minimum Gasteiger partial charge on any atom is -0.454 e. The van der Waals surface area contributed by atoms with Gasteiger partial charge in [-0.05, 0) is 18.2 Å². The number of aromatic nitrogens is 3. The lowest BCUT2D eigenvalue weighted by molar-refractivity contribution is -0.115. The number of hydrogen-bond acceptors (Lipinski definition) is 8. The van der Waals surface area contributed by atoms with Gasteiger partial charge in [0, 0.05) is 29.5 Å². The van der Waals surface area contributed by atoms with Crippen LogP contribution in [0.15, 0.2) is 42.0 Å². The van der Waals surface area contributed by atoms with Gasteiger partial charge in [0.15, 0.2) is 16.6 Å². The van der Waals surface area contributed by atoms with E-state index in [1.807, 2.05) is 0 Å². The van der Waals surface area contributed by atoms with E-state index in [0.29, 0.717) is 28.0 Å².